The van der Waals surface area contributed by atoms with Gasteiger partial charge in [0.2, 0.25) is 0 Å². The Morgan fingerprint density at radius 2 is 1.64 bits per heavy atom. The second kappa shape index (κ2) is 8.01. The molecule has 0 aliphatic heterocycles. The molecule has 2 amide bonds. The molecule has 126 valence electrons. The number of amides is 2. The topological polar surface area (TPSA) is 66.9 Å². The average molecular weight is 336 g/mol. The van der Waals surface area contributed by atoms with Gasteiger partial charge in [-0.25, -0.2) is 19.2 Å². The third kappa shape index (κ3) is 4.60. The zero-order valence-electron chi connectivity index (χ0n) is 13.4. The number of carbonyl (C=O) groups is 1. The number of urea groups is 1. The number of hydrogen-bond donors (Lipinski definition) is 2. The van der Waals surface area contributed by atoms with Crippen LogP contribution in [0.1, 0.15) is 5.56 Å². The second-order valence-electron chi connectivity index (χ2n) is 5.39. The van der Waals surface area contributed by atoms with Gasteiger partial charge in [0.15, 0.2) is 5.82 Å². The van der Waals surface area contributed by atoms with E-state index in [0.717, 1.165) is 11.1 Å². The minimum Gasteiger partial charge on any atom is -0.338 e. The number of aromatic nitrogens is 2. The van der Waals surface area contributed by atoms with Crippen LogP contribution in [0.3, 0.4) is 0 Å². The lowest BCUT2D eigenvalue weighted by Crippen LogP contribution is -2.30. The summed E-state index contributed by atoms with van der Waals surface area (Å²) < 4.78 is 13.5. The maximum absolute atomic E-state index is 13.5. The van der Waals surface area contributed by atoms with Gasteiger partial charge in [0.1, 0.15) is 5.82 Å². The molecule has 0 radical (unpaired) electrons. The van der Waals surface area contributed by atoms with Crippen LogP contribution in [0.15, 0.2) is 67.0 Å². The van der Waals surface area contributed by atoms with Crippen LogP contribution in [0.5, 0.6) is 0 Å². The van der Waals surface area contributed by atoms with Gasteiger partial charge in [-0.1, -0.05) is 42.5 Å². The van der Waals surface area contributed by atoms with E-state index >= 15 is 0 Å². The van der Waals surface area contributed by atoms with Crippen LogP contribution in [0.4, 0.5) is 14.9 Å². The smallest absolute Gasteiger partial charge is 0.319 e. The first kappa shape index (κ1) is 16.6. The highest BCUT2D eigenvalue weighted by Crippen LogP contribution is 2.13. The summed E-state index contributed by atoms with van der Waals surface area (Å²) in [5.41, 5.74) is 2.01. The summed E-state index contributed by atoms with van der Waals surface area (Å²) in [6, 6.07) is 15.3. The number of benzene rings is 2. The molecule has 0 aliphatic rings. The predicted molar refractivity (Wildman–Crippen MR) is 94.6 cm³/mol. The predicted octanol–water partition coefficient (Wildman–Crippen LogP) is 3.65. The van der Waals surface area contributed by atoms with E-state index in [0.29, 0.717) is 18.8 Å². The molecule has 6 heteroatoms. The standard InChI is InChI=1S/C19H17FN4O/c20-16-8-4-5-9-17(16)24-19(25)21-11-10-14-12-22-18(23-13-14)15-6-2-1-3-7-15/h1-9,12-13H,10-11H2,(H2,21,24,25). The summed E-state index contributed by atoms with van der Waals surface area (Å²) in [6.45, 7) is 0.397. The Labute approximate surface area is 145 Å². The number of nitrogens with one attached hydrogen (secondary N) is 2. The first-order chi connectivity index (χ1) is 12.2. The Bertz CT molecular complexity index is 838. The van der Waals surface area contributed by atoms with Crippen molar-refractivity contribution in [1.82, 2.24) is 15.3 Å². The third-order valence-electron chi connectivity index (χ3n) is 3.56. The summed E-state index contributed by atoms with van der Waals surface area (Å²) >= 11 is 0. The number of nitrogens with zero attached hydrogens (tertiary/aromatic N) is 2. The number of rotatable bonds is 5. The highest BCUT2D eigenvalue weighted by atomic mass is 19.1. The molecule has 0 unspecified atom stereocenters. The summed E-state index contributed by atoms with van der Waals surface area (Å²) in [4.78, 5) is 20.4. The molecule has 25 heavy (non-hydrogen) atoms. The molecule has 0 bridgehead atoms. The summed E-state index contributed by atoms with van der Waals surface area (Å²) in [7, 11) is 0. The highest BCUT2D eigenvalue weighted by molar-refractivity contribution is 5.89. The molecule has 3 rings (SSSR count). The number of carbonyl (C=O) groups excluding carboxylic acids is 1. The first-order valence-electron chi connectivity index (χ1n) is 7.88. The summed E-state index contributed by atoms with van der Waals surface area (Å²) in [6.07, 6.45) is 4.07. The van der Waals surface area contributed by atoms with Crippen molar-refractivity contribution in [2.45, 2.75) is 6.42 Å². The Morgan fingerprint density at radius 1 is 0.960 bits per heavy atom. The fourth-order valence-corrected chi connectivity index (χ4v) is 2.27. The molecule has 0 saturated carbocycles. The van der Waals surface area contributed by atoms with Gasteiger partial charge in [-0.05, 0) is 24.1 Å². The van der Waals surface area contributed by atoms with Crippen LogP contribution in [0.25, 0.3) is 11.4 Å². The zero-order valence-corrected chi connectivity index (χ0v) is 13.4. The van der Waals surface area contributed by atoms with Gasteiger partial charge >= 0.3 is 6.03 Å². The normalized spacial score (nSPS) is 10.3. The lowest BCUT2D eigenvalue weighted by molar-refractivity contribution is 0.252. The number of para-hydroxylation sites is 1. The molecule has 1 aromatic heterocycles. The number of hydrogen-bond acceptors (Lipinski definition) is 3. The maximum atomic E-state index is 13.5. The van der Waals surface area contributed by atoms with Gasteiger partial charge in [-0.15, -0.1) is 0 Å². The summed E-state index contributed by atoms with van der Waals surface area (Å²) in [5.74, 6) is 0.192. The van der Waals surface area contributed by atoms with E-state index in [9.17, 15) is 9.18 Å². The molecule has 0 saturated heterocycles. The largest absolute Gasteiger partial charge is 0.338 e. The van der Waals surface area contributed by atoms with Gasteiger partial charge in [0.05, 0.1) is 5.69 Å². The molecule has 2 aromatic carbocycles. The van der Waals surface area contributed by atoms with Crippen LogP contribution < -0.4 is 10.6 Å². The van der Waals surface area contributed by atoms with E-state index in [1.807, 2.05) is 30.3 Å². The lowest BCUT2D eigenvalue weighted by Gasteiger charge is -2.08. The van der Waals surface area contributed by atoms with Gasteiger partial charge in [0.25, 0.3) is 0 Å². The van der Waals surface area contributed by atoms with E-state index in [-0.39, 0.29) is 5.69 Å². The van der Waals surface area contributed by atoms with Crippen LogP contribution in [0.2, 0.25) is 0 Å². The SMILES string of the molecule is O=C(NCCc1cnc(-c2ccccc2)nc1)Nc1ccccc1F. The van der Waals surface area contributed by atoms with Crippen LogP contribution in [-0.4, -0.2) is 22.5 Å². The Kier molecular flexibility index (Phi) is 5.31. The van der Waals surface area contributed by atoms with Crippen molar-refractivity contribution >= 4 is 11.7 Å². The Morgan fingerprint density at radius 3 is 2.36 bits per heavy atom. The van der Waals surface area contributed by atoms with E-state index < -0.39 is 11.8 Å². The van der Waals surface area contributed by atoms with Crippen molar-refractivity contribution < 1.29 is 9.18 Å². The maximum Gasteiger partial charge on any atom is 0.319 e. The molecule has 0 fully saturated rings. The van der Waals surface area contributed by atoms with Crippen LogP contribution in [0, 0.1) is 5.82 Å². The van der Waals surface area contributed by atoms with Crippen molar-refractivity contribution in [1.29, 1.82) is 0 Å². The quantitative estimate of drug-likeness (QED) is 0.747. The second-order valence-corrected chi connectivity index (χ2v) is 5.39. The molecule has 1 heterocycles. The van der Waals surface area contributed by atoms with E-state index in [1.54, 1.807) is 24.5 Å². The average Bonchev–Trinajstić information content (AvgIpc) is 2.65. The van der Waals surface area contributed by atoms with E-state index in [2.05, 4.69) is 20.6 Å². The van der Waals surface area contributed by atoms with Crippen molar-refractivity contribution in [3.8, 4) is 11.4 Å². The lowest BCUT2D eigenvalue weighted by atomic mass is 10.2. The Balaban J connectivity index is 1.49. The zero-order chi connectivity index (χ0) is 17.5. The highest BCUT2D eigenvalue weighted by Gasteiger charge is 2.06. The fourth-order valence-electron chi connectivity index (χ4n) is 2.27. The van der Waals surface area contributed by atoms with E-state index in [1.165, 1.54) is 12.1 Å². The Hall–Kier alpha value is -3.28. The summed E-state index contributed by atoms with van der Waals surface area (Å²) in [5, 5.41) is 5.15. The van der Waals surface area contributed by atoms with Gasteiger partial charge < -0.3 is 10.6 Å². The van der Waals surface area contributed by atoms with Gasteiger partial charge in [-0.3, -0.25) is 0 Å². The fraction of sp³-hybridized carbons (Fsp3) is 0.105. The first-order valence-corrected chi connectivity index (χ1v) is 7.88. The molecule has 0 atom stereocenters. The van der Waals surface area contributed by atoms with Crippen molar-refractivity contribution in [2.24, 2.45) is 0 Å². The molecular weight excluding hydrogens is 319 g/mol. The molecular formula is C19H17FN4O. The number of halogens is 1. The minimum atomic E-state index is -0.470. The van der Waals surface area contributed by atoms with E-state index in [4.69, 9.17) is 0 Å². The van der Waals surface area contributed by atoms with Crippen LogP contribution >= 0.6 is 0 Å². The molecule has 0 spiro atoms. The molecule has 0 aliphatic carbocycles. The van der Waals surface area contributed by atoms with Crippen LogP contribution in [-0.2, 0) is 6.42 Å². The molecule has 5 nitrogen and oxygen atoms in total. The molecule has 3 aromatic rings. The van der Waals surface area contributed by atoms with Gasteiger partial charge in [-0.2, -0.15) is 0 Å². The third-order valence-corrected chi connectivity index (χ3v) is 3.56. The minimum absolute atomic E-state index is 0.149. The molecule has 2 N–H and O–H groups in total. The monoisotopic (exact) mass is 336 g/mol. The van der Waals surface area contributed by atoms with Gasteiger partial charge in [0, 0.05) is 24.5 Å². The van der Waals surface area contributed by atoms with Crippen molar-refractivity contribution in [2.75, 3.05) is 11.9 Å². The van der Waals surface area contributed by atoms with Crippen molar-refractivity contribution in [3.05, 3.63) is 78.4 Å². The van der Waals surface area contributed by atoms with Crippen molar-refractivity contribution in [3.63, 3.8) is 0 Å². The number of anilines is 1.